The van der Waals surface area contributed by atoms with E-state index in [1.54, 1.807) is 12.1 Å². The van der Waals surface area contributed by atoms with E-state index in [-0.39, 0.29) is 17.9 Å². The number of nitrogens with zero attached hydrogens (tertiary/aromatic N) is 1. The van der Waals surface area contributed by atoms with E-state index in [1.807, 2.05) is 36.4 Å². The Balaban J connectivity index is 1.33. The summed E-state index contributed by atoms with van der Waals surface area (Å²) in [5, 5.41) is 6.14. The van der Waals surface area contributed by atoms with Crippen molar-refractivity contribution in [3.63, 3.8) is 0 Å². The van der Waals surface area contributed by atoms with Gasteiger partial charge in [-0.2, -0.15) is 0 Å². The molecule has 3 heterocycles. The molecule has 2 N–H and O–H groups in total. The molecule has 0 spiro atoms. The number of nitrogens with one attached hydrogen (secondary N) is 2. The molecule has 3 saturated heterocycles. The predicted molar refractivity (Wildman–Crippen MR) is 149 cm³/mol. The van der Waals surface area contributed by atoms with Gasteiger partial charge >= 0.3 is 0 Å². The summed E-state index contributed by atoms with van der Waals surface area (Å²) in [6, 6.07) is 14.8. The summed E-state index contributed by atoms with van der Waals surface area (Å²) in [5.41, 5.74) is 1.39. The molecule has 2 bridgehead atoms. The van der Waals surface area contributed by atoms with E-state index < -0.39 is 0 Å². The molecule has 200 valence electrons. The quantitative estimate of drug-likeness (QED) is 0.470. The first-order valence-corrected chi connectivity index (χ1v) is 14.3. The van der Waals surface area contributed by atoms with Gasteiger partial charge in [0.15, 0.2) is 0 Å². The highest BCUT2D eigenvalue weighted by Gasteiger charge is 2.30. The van der Waals surface area contributed by atoms with Gasteiger partial charge in [0, 0.05) is 30.8 Å². The first-order chi connectivity index (χ1) is 18.1. The number of carbonyl (C=O) groups is 2. The third kappa shape index (κ3) is 8.89. The van der Waals surface area contributed by atoms with Crippen LogP contribution in [0.25, 0.3) is 0 Å². The summed E-state index contributed by atoms with van der Waals surface area (Å²) in [6.07, 6.45) is 14.4. The van der Waals surface area contributed by atoms with Crippen LogP contribution in [0.4, 0.5) is 5.69 Å². The average Bonchev–Trinajstić information content (AvgIpc) is 2.90. The fourth-order valence-corrected chi connectivity index (χ4v) is 5.63. The molecule has 2 aromatic carbocycles. The van der Waals surface area contributed by atoms with E-state index in [0.29, 0.717) is 23.0 Å². The highest BCUT2D eigenvalue weighted by molar-refractivity contribution is 5.94. The zero-order valence-electron chi connectivity index (χ0n) is 22.3. The fraction of sp³-hybridized carbons (Fsp3) is 0.548. The zero-order chi connectivity index (χ0) is 25.9. The zero-order valence-corrected chi connectivity index (χ0v) is 22.3. The summed E-state index contributed by atoms with van der Waals surface area (Å²) in [4.78, 5) is 26.9. The van der Waals surface area contributed by atoms with E-state index in [0.717, 1.165) is 25.3 Å². The van der Waals surface area contributed by atoms with E-state index >= 15 is 0 Å². The molecule has 3 aliphatic heterocycles. The van der Waals surface area contributed by atoms with Gasteiger partial charge in [-0.3, -0.25) is 9.59 Å². The number of anilines is 1. The van der Waals surface area contributed by atoms with Crippen LogP contribution in [0, 0.1) is 5.92 Å². The first-order valence-electron chi connectivity index (χ1n) is 14.3. The standard InChI is InChI=1S/C31H43N3O3/c1-24(35)32-27-14-18-29(19-15-27)37-28-16-12-26(13-17-28)31(36)33-30-23-34-21-10-8-6-4-2-3-5-7-9-11-25(30)20-22-34/h12-19,25,30H,2-11,20-23H2,1H3,(H,32,35)(H,33,36). The van der Waals surface area contributed by atoms with Gasteiger partial charge in [-0.25, -0.2) is 0 Å². The Bertz CT molecular complexity index is 986. The summed E-state index contributed by atoms with van der Waals surface area (Å²) in [6.45, 7) is 4.76. The van der Waals surface area contributed by atoms with Crippen molar-refractivity contribution in [2.24, 2.45) is 5.92 Å². The molecule has 3 unspecified atom stereocenters. The lowest BCUT2D eigenvalue weighted by Crippen LogP contribution is -2.52. The maximum Gasteiger partial charge on any atom is 0.251 e. The van der Waals surface area contributed by atoms with Crippen LogP contribution in [-0.2, 0) is 4.79 Å². The maximum atomic E-state index is 13.2. The van der Waals surface area contributed by atoms with Gasteiger partial charge in [0.25, 0.3) is 5.91 Å². The van der Waals surface area contributed by atoms with Crippen LogP contribution in [0.5, 0.6) is 11.5 Å². The Hall–Kier alpha value is -2.86. The van der Waals surface area contributed by atoms with Gasteiger partial charge in [0.1, 0.15) is 11.5 Å². The molecule has 0 saturated carbocycles. The van der Waals surface area contributed by atoms with Crippen LogP contribution in [0.1, 0.15) is 87.9 Å². The van der Waals surface area contributed by atoms with Gasteiger partial charge in [-0.1, -0.05) is 51.4 Å². The second kappa shape index (κ2) is 14.2. The summed E-state index contributed by atoms with van der Waals surface area (Å²) in [7, 11) is 0. The van der Waals surface area contributed by atoms with Gasteiger partial charge in [0.2, 0.25) is 5.91 Å². The molecule has 6 heteroatoms. The number of benzene rings is 2. The normalized spacial score (nSPS) is 23.3. The summed E-state index contributed by atoms with van der Waals surface area (Å²) >= 11 is 0. The SMILES string of the molecule is CC(=O)Nc1ccc(Oc2ccc(C(=O)NC3CN4CCCCCCCCCCCC3CC4)cc2)cc1. The molecule has 2 amide bonds. The minimum atomic E-state index is -0.106. The smallest absolute Gasteiger partial charge is 0.251 e. The van der Waals surface area contributed by atoms with Gasteiger partial charge in [0.05, 0.1) is 0 Å². The Labute approximate surface area is 222 Å². The lowest BCUT2D eigenvalue weighted by molar-refractivity contribution is -0.114. The number of carbonyl (C=O) groups excluding carboxylic acids is 2. The molecule has 2 aromatic rings. The van der Waals surface area contributed by atoms with Crippen molar-refractivity contribution < 1.29 is 14.3 Å². The Kier molecular flexibility index (Phi) is 10.4. The largest absolute Gasteiger partial charge is 0.457 e. The van der Waals surface area contributed by atoms with Gasteiger partial charge in [-0.15, -0.1) is 0 Å². The molecule has 3 fully saturated rings. The molecule has 0 aliphatic carbocycles. The number of piperidine rings is 1. The van der Waals surface area contributed by atoms with Gasteiger partial charge < -0.3 is 20.3 Å². The molecule has 3 atom stereocenters. The molecule has 6 nitrogen and oxygen atoms in total. The van der Waals surface area contributed by atoms with Gasteiger partial charge in [-0.05, 0) is 86.8 Å². The minimum absolute atomic E-state index is 0.000904. The molecule has 37 heavy (non-hydrogen) atoms. The highest BCUT2D eigenvalue weighted by Crippen LogP contribution is 2.27. The number of amides is 2. The third-order valence-electron chi connectivity index (χ3n) is 7.73. The van der Waals surface area contributed by atoms with Crippen molar-refractivity contribution >= 4 is 17.5 Å². The van der Waals surface area contributed by atoms with E-state index in [2.05, 4.69) is 15.5 Å². The van der Waals surface area contributed by atoms with Crippen LogP contribution in [-0.4, -0.2) is 42.4 Å². The van der Waals surface area contributed by atoms with Crippen LogP contribution < -0.4 is 15.4 Å². The molecular formula is C31H43N3O3. The van der Waals surface area contributed by atoms with Crippen molar-refractivity contribution in [3.8, 4) is 11.5 Å². The second-order valence-corrected chi connectivity index (χ2v) is 10.7. The number of fused-ring (bicyclic) bond motifs is 12. The topological polar surface area (TPSA) is 70.7 Å². The summed E-state index contributed by atoms with van der Waals surface area (Å²) < 4.78 is 5.92. The average molecular weight is 506 g/mol. The number of hydrogen-bond acceptors (Lipinski definition) is 4. The van der Waals surface area contributed by atoms with Crippen molar-refractivity contribution in [2.75, 3.05) is 25.0 Å². The lowest BCUT2D eigenvalue weighted by atomic mass is 9.86. The van der Waals surface area contributed by atoms with Crippen molar-refractivity contribution in [1.82, 2.24) is 10.2 Å². The molecule has 0 aromatic heterocycles. The summed E-state index contributed by atoms with van der Waals surface area (Å²) in [5.74, 6) is 1.80. The Morgan fingerprint density at radius 1 is 0.757 bits per heavy atom. The first kappa shape index (κ1) is 27.2. The Morgan fingerprint density at radius 3 is 2.00 bits per heavy atom. The predicted octanol–water partition coefficient (Wildman–Crippen LogP) is 6.77. The lowest BCUT2D eigenvalue weighted by Gasteiger charge is -2.39. The van der Waals surface area contributed by atoms with Crippen LogP contribution in [0.2, 0.25) is 0 Å². The molecule has 0 radical (unpaired) electrons. The minimum Gasteiger partial charge on any atom is -0.457 e. The van der Waals surface area contributed by atoms with E-state index in [9.17, 15) is 9.59 Å². The van der Waals surface area contributed by atoms with Crippen molar-refractivity contribution in [1.29, 1.82) is 0 Å². The van der Waals surface area contributed by atoms with Crippen LogP contribution in [0.3, 0.4) is 0 Å². The monoisotopic (exact) mass is 505 g/mol. The molecule has 3 aliphatic rings. The molecular weight excluding hydrogens is 462 g/mol. The van der Waals surface area contributed by atoms with E-state index in [4.69, 9.17) is 4.74 Å². The Morgan fingerprint density at radius 2 is 1.35 bits per heavy atom. The number of rotatable bonds is 5. The van der Waals surface area contributed by atoms with Crippen molar-refractivity contribution in [2.45, 2.75) is 83.6 Å². The van der Waals surface area contributed by atoms with Crippen LogP contribution >= 0.6 is 0 Å². The van der Waals surface area contributed by atoms with E-state index in [1.165, 1.54) is 77.6 Å². The van der Waals surface area contributed by atoms with Crippen molar-refractivity contribution in [3.05, 3.63) is 54.1 Å². The third-order valence-corrected chi connectivity index (χ3v) is 7.73. The number of hydrogen-bond donors (Lipinski definition) is 2. The second-order valence-electron chi connectivity index (χ2n) is 10.7. The number of ether oxygens (including phenoxy) is 1. The molecule has 5 rings (SSSR count). The maximum absolute atomic E-state index is 13.2. The fourth-order valence-electron chi connectivity index (χ4n) is 5.63. The van der Waals surface area contributed by atoms with Crippen LogP contribution in [0.15, 0.2) is 48.5 Å². The highest BCUT2D eigenvalue weighted by atomic mass is 16.5.